The number of nitrogens with one attached hydrogen (secondary N) is 1. The van der Waals surface area contributed by atoms with Gasteiger partial charge in [0.2, 0.25) is 0 Å². The van der Waals surface area contributed by atoms with E-state index in [4.69, 9.17) is 9.73 Å². The van der Waals surface area contributed by atoms with Crippen molar-refractivity contribution >= 4 is 35.8 Å². The summed E-state index contributed by atoms with van der Waals surface area (Å²) in [4.78, 5) is 25.7. The lowest BCUT2D eigenvalue weighted by atomic mass is 10.1. The Morgan fingerprint density at radius 2 is 1.88 bits per heavy atom. The topological polar surface area (TPSA) is 75.0 Å². The van der Waals surface area contributed by atoms with E-state index in [1.54, 1.807) is 6.20 Å². The van der Waals surface area contributed by atoms with Gasteiger partial charge in [-0.3, -0.25) is 4.79 Å². The predicted octanol–water partition coefficient (Wildman–Crippen LogP) is 2.34. The standard InChI is InChI=1S/C23H32N6O2.HI/c1-2-25-23(29-13-11-28(12-14-29)22(30)21-4-3-15-31-21)26-16-19-5-7-20(8-6-19)17-27-10-9-24-18-27;/h5-10,18,21H,2-4,11-17H2,1H3,(H,25,26);1H. The number of halogens is 1. The van der Waals surface area contributed by atoms with Gasteiger partial charge in [-0.2, -0.15) is 0 Å². The number of hydrogen-bond donors (Lipinski definition) is 1. The molecule has 1 aromatic heterocycles. The fourth-order valence-electron chi connectivity index (χ4n) is 4.05. The van der Waals surface area contributed by atoms with E-state index in [1.165, 1.54) is 11.1 Å². The Kier molecular flexibility index (Phi) is 9.34. The minimum atomic E-state index is -0.231. The lowest BCUT2D eigenvalue weighted by molar-refractivity contribution is -0.142. The summed E-state index contributed by atoms with van der Waals surface area (Å²) >= 11 is 0. The van der Waals surface area contributed by atoms with Gasteiger partial charge in [0, 0.05) is 58.3 Å². The Balaban J connectivity index is 0.00000289. The van der Waals surface area contributed by atoms with Gasteiger partial charge in [-0.25, -0.2) is 9.98 Å². The molecule has 1 N–H and O–H groups in total. The molecule has 2 fully saturated rings. The van der Waals surface area contributed by atoms with Crippen LogP contribution in [0.4, 0.5) is 0 Å². The molecule has 1 unspecified atom stereocenters. The molecule has 0 bridgehead atoms. The van der Waals surface area contributed by atoms with Gasteiger partial charge in [-0.15, -0.1) is 24.0 Å². The molecule has 1 atom stereocenters. The van der Waals surface area contributed by atoms with Crippen LogP contribution in [0, 0.1) is 0 Å². The van der Waals surface area contributed by atoms with Crippen LogP contribution in [0.25, 0.3) is 0 Å². The molecule has 2 aliphatic rings. The number of amides is 1. The van der Waals surface area contributed by atoms with Crippen molar-refractivity contribution in [3.8, 4) is 0 Å². The third-order valence-corrected chi connectivity index (χ3v) is 5.79. The Hall–Kier alpha value is -2.14. The van der Waals surface area contributed by atoms with Crippen molar-refractivity contribution in [2.24, 2.45) is 4.99 Å². The molecular weight excluding hydrogens is 519 g/mol. The highest BCUT2D eigenvalue weighted by molar-refractivity contribution is 14.0. The molecule has 2 aliphatic heterocycles. The number of ether oxygens (including phenoxy) is 1. The minimum Gasteiger partial charge on any atom is -0.368 e. The third kappa shape index (κ3) is 6.44. The monoisotopic (exact) mass is 552 g/mol. The number of nitrogens with zero attached hydrogens (tertiary/aromatic N) is 5. The molecule has 3 heterocycles. The molecule has 0 radical (unpaired) electrons. The van der Waals surface area contributed by atoms with Crippen LogP contribution in [0.2, 0.25) is 0 Å². The fraction of sp³-hybridized carbons (Fsp3) is 0.522. The number of aliphatic imine (C=N–C) groups is 1. The molecule has 2 saturated heterocycles. The van der Waals surface area contributed by atoms with Crippen molar-refractivity contribution < 1.29 is 9.53 Å². The molecule has 9 heteroatoms. The van der Waals surface area contributed by atoms with Crippen molar-refractivity contribution in [1.29, 1.82) is 0 Å². The van der Waals surface area contributed by atoms with Gasteiger partial charge in [-0.05, 0) is 30.9 Å². The zero-order valence-electron chi connectivity index (χ0n) is 18.7. The number of hydrogen-bond acceptors (Lipinski definition) is 4. The Labute approximate surface area is 207 Å². The molecule has 0 spiro atoms. The SMILES string of the molecule is CCNC(=NCc1ccc(Cn2ccnc2)cc1)N1CCN(C(=O)C2CCCO2)CC1.I. The Morgan fingerprint density at radius 3 is 2.50 bits per heavy atom. The number of guanidine groups is 1. The van der Waals surface area contributed by atoms with Crippen LogP contribution >= 0.6 is 24.0 Å². The first-order chi connectivity index (χ1) is 15.2. The number of aromatic nitrogens is 2. The number of benzene rings is 1. The summed E-state index contributed by atoms with van der Waals surface area (Å²) in [5.74, 6) is 1.06. The van der Waals surface area contributed by atoms with Crippen molar-refractivity contribution in [3.63, 3.8) is 0 Å². The normalized spacial score (nSPS) is 19.0. The van der Waals surface area contributed by atoms with Crippen LogP contribution in [-0.2, 0) is 22.6 Å². The zero-order valence-corrected chi connectivity index (χ0v) is 21.0. The quantitative estimate of drug-likeness (QED) is 0.339. The summed E-state index contributed by atoms with van der Waals surface area (Å²) < 4.78 is 7.62. The fourth-order valence-corrected chi connectivity index (χ4v) is 4.05. The van der Waals surface area contributed by atoms with Crippen molar-refractivity contribution in [2.75, 3.05) is 39.3 Å². The first-order valence-corrected chi connectivity index (χ1v) is 11.2. The number of imidazole rings is 1. The molecule has 2 aromatic rings. The van der Waals surface area contributed by atoms with Gasteiger partial charge in [0.1, 0.15) is 6.10 Å². The predicted molar refractivity (Wildman–Crippen MR) is 135 cm³/mol. The maximum Gasteiger partial charge on any atom is 0.251 e. The second kappa shape index (κ2) is 12.2. The van der Waals surface area contributed by atoms with Gasteiger partial charge in [0.25, 0.3) is 5.91 Å². The maximum absolute atomic E-state index is 12.6. The lowest BCUT2D eigenvalue weighted by Gasteiger charge is -2.37. The second-order valence-corrected chi connectivity index (χ2v) is 8.04. The molecule has 1 aromatic carbocycles. The maximum atomic E-state index is 12.6. The van der Waals surface area contributed by atoms with E-state index >= 15 is 0 Å². The second-order valence-electron chi connectivity index (χ2n) is 8.04. The van der Waals surface area contributed by atoms with E-state index in [9.17, 15) is 4.79 Å². The molecule has 4 rings (SSSR count). The van der Waals surface area contributed by atoms with E-state index in [0.29, 0.717) is 26.2 Å². The molecule has 174 valence electrons. The molecular formula is C23H33IN6O2. The summed E-state index contributed by atoms with van der Waals surface area (Å²) in [6, 6.07) is 8.57. The Bertz CT molecular complexity index is 857. The zero-order chi connectivity index (χ0) is 21.5. The van der Waals surface area contributed by atoms with Crippen molar-refractivity contribution in [2.45, 2.75) is 39.0 Å². The van der Waals surface area contributed by atoms with E-state index < -0.39 is 0 Å². The molecule has 0 aliphatic carbocycles. The van der Waals surface area contributed by atoms with Crippen molar-refractivity contribution in [3.05, 3.63) is 54.1 Å². The van der Waals surface area contributed by atoms with Crippen LogP contribution in [0.15, 0.2) is 48.0 Å². The average molecular weight is 552 g/mol. The molecule has 32 heavy (non-hydrogen) atoms. The highest BCUT2D eigenvalue weighted by atomic mass is 127. The van der Waals surface area contributed by atoms with E-state index in [1.807, 2.05) is 17.4 Å². The van der Waals surface area contributed by atoms with E-state index in [0.717, 1.165) is 45.0 Å². The first kappa shape index (κ1) is 24.5. The van der Waals surface area contributed by atoms with Gasteiger partial charge >= 0.3 is 0 Å². The third-order valence-electron chi connectivity index (χ3n) is 5.79. The van der Waals surface area contributed by atoms with E-state index in [-0.39, 0.29) is 36.0 Å². The first-order valence-electron chi connectivity index (χ1n) is 11.2. The van der Waals surface area contributed by atoms with Crippen LogP contribution < -0.4 is 5.32 Å². The molecule has 1 amide bonds. The number of carbonyl (C=O) groups is 1. The van der Waals surface area contributed by atoms with Gasteiger partial charge < -0.3 is 24.4 Å². The summed E-state index contributed by atoms with van der Waals surface area (Å²) in [6.45, 7) is 8.05. The smallest absolute Gasteiger partial charge is 0.251 e. The Morgan fingerprint density at radius 1 is 1.16 bits per heavy atom. The van der Waals surface area contributed by atoms with Gasteiger partial charge in [0.15, 0.2) is 5.96 Å². The van der Waals surface area contributed by atoms with E-state index in [2.05, 4.69) is 51.0 Å². The molecule has 8 nitrogen and oxygen atoms in total. The minimum absolute atomic E-state index is 0. The van der Waals surface area contributed by atoms with Crippen LogP contribution in [0.5, 0.6) is 0 Å². The highest BCUT2D eigenvalue weighted by Crippen LogP contribution is 2.16. The number of rotatable bonds is 6. The number of piperazine rings is 1. The van der Waals surface area contributed by atoms with Crippen LogP contribution in [0.3, 0.4) is 0 Å². The number of carbonyl (C=O) groups excluding carboxylic acids is 1. The van der Waals surface area contributed by atoms with Crippen molar-refractivity contribution in [1.82, 2.24) is 24.7 Å². The average Bonchev–Trinajstić information content (AvgIpc) is 3.52. The summed E-state index contributed by atoms with van der Waals surface area (Å²) in [5, 5.41) is 3.40. The van der Waals surface area contributed by atoms with Gasteiger partial charge in [-0.1, -0.05) is 24.3 Å². The summed E-state index contributed by atoms with van der Waals surface area (Å²) in [5.41, 5.74) is 2.42. The highest BCUT2D eigenvalue weighted by Gasteiger charge is 2.30. The summed E-state index contributed by atoms with van der Waals surface area (Å²) in [6.07, 6.45) is 7.20. The largest absolute Gasteiger partial charge is 0.368 e. The molecule has 0 saturated carbocycles. The lowest BCUT2D eigenvalue weighted by Crippen LogP contribution is -2.55. The summed E-state index contributed by atoms with van der Waals surface area (Å²) in [7, 11) is 0. The van der Waals surface area contributed by atoms with Gasteiger partial charge in [0.05, 0.1) is 12.9 Å². The van der Waals surface area contributed by atoms with Crippen LogP contribution in [0.1, 0.15) is 30.9 Å². The van der Waals surface area contributed by atoms with Crippen LogP contribution in [-0.4, -0.2) is 76.7 Å².